The monoisotopic (exact) mass is 311 g/mol. The van der Waals surface area contributed by atoms with Gasteiger partial charge in [-0.1, -0.05) is 19.9 Å². The molecule has 0 saturated carbocycles. The van der Waals surface area contributed by atoms with Crippen LogP contribution in [0.25, 0.3) is 0 Å². The van der Waals surface area contributed by atoms with Gasteiger partial charge in [0.05, 0.1) is 4.47 Å². The van der Waals surface area contributed by atoms with Crippen LogP contribution >= 0.6 is 15.9 Å². The van der Waals surface area contributed by atoms with E-state index in [4.69, 9.17) is 0 Å². The Hall–Kier alpha value is -0.750. The second kappa shape index (κ2) is 5.73. The Morgan fingerprint density at radius 1 is 1.35 bits per heavy atom. The molecule has 0 atom stereocenters. The number of benzene rings is 1. The summed E-state index contributed by atoms with van der Waals surface area (Å²) in [6, 6.07) is 4.83. The van der Waals surface area contributed by atoms with Crippen molar-refractivity contribution in [2.45, 2.75) is 32.8 Å². The van der Waals surface area contributed by atoms with Crippen molar-refractivity contribution in [2.75, 3.05) is 0 Å². The molecule has 17 heavy (non-hydrogen) atoms. The molecule has 0 aromatic heterocycles. The van der Waals surface area contributed by atoms with Crippen molar-refractivity contribution >= 4 is 15.9 Å². The predicted octanol–water partition coefficient (Wildman–Crippen LogP) is 3.85. The van der Waals surface area contributed by atoms with Gasteiger partial charge in [0.2, 0.25) is 0 Å². The summed E-state index contributed by atoms with van der Waals surface area (Å²) in [4.78, 5) is 0. The Bertz CT molecular complexity index is 379. The normalized spacial score (nSPS) is 11.9. The van der Waals surface area contributed by atoms with Gasteiger partial charge in [0.1, 0.15) is 5.75 Å². The highest BCUT2D eigenvalue weighted by Gasteiger charge is 2.31. The Morgan fingerprint density at radius 2 is 2.00 bits per heavy atom. The highest BCUT2D eigenvalue weighted by atomic mass is 79.9. The molecule has 0 spiro atoms. The van der Waals surface area contributed by atoms with Crippen molar-refractivity contribution in [1.82, 2.24) is 5.32 Å². The number of hydrogen-bond donors (Lipinski definition) is 1. The minimum Gasteiger partial charge on any atom is -0.405 e. The predicted molar refractivity (Wildman–Crippen MR) is 62.8 cm³/mol. The Balaban J connectivity index is 2.72. The van der Waals surface area contributed by atoms with Crippen LogP contribution in [0.2, 0.25) is 0 Å². The second-order valence-electron chi connectivity index (χ2n) is 3.85. The minimum absolute atomic E-state index is 0.231. The SMILES string of the molecule is CC(C)NCc1ccc(OC(F)(F)F)c(Br)c1. The molecule has 1 aromatic carbocycles. The summed E-state index contributed by atoms with van der Waals surface area (Å²) in [6.45, 7) is 4.59. The quantitative estimate of drug-likeness (QED) is 0.912. The summed E-state index contributed by atoms with van der Waals surface area (Å²) in [5.41, 5.74) is 0.889. The topological polar surface area (TPSA) is 21.3 Å². The first-order valence-corrected chi connectivity index (χ1v) is 5.85. The van der Waals surface area contributed by atoms with E-state index < -0.39 is 6.36 Å². The summed E-state index contributed by atoms with van der Waals surface area (Å²) in [5, 5.41) is 3.17. The molecule has 0 radical (unpaired) electrons. The van der Waals surface area contributed by atoms with E-state index in [1.165, 1.54) is 6.07 Å². The first-order chi connectivity index (χ1) is 7.78. The van der Waals surface area contributed by atoms with Crippen LogP contribution in [-0.2, 0) is 6.54 Å². The Labute approximate surface area is 106 Å². The van der Waals surface area contributed by atoms with Crippen molar-refractivity contribution in [1.29, 1.82) is 0 Å². The van der Waals surface area contributed by atoms with Crippen molar-refractivity contribution < 1.29 is 17.9 Å². The largest absolute Gasteiger partial charge is 0.573 e. The fraction of sp³-hybridized carbons (Fsp3) is 0.455. The van der Waals surface area contributed by atoms with E-state index in [2.05, 4.69) is 26.0 Å². The molecule has 96 valence electrons. The van der Waals surface area contributed by atoms with Gasteiger partial charge in [-0.2, -0.15) is 0 Å². The number of nitrogens with one attached hydrogen (secondary N) is 1. The van der Waals surface area contributed by atoms with E-state index in [9.17, 15) is 13.2 Å². The maximum Gasteiger partial charge on any atom is 0.573 e. The summed E-state index contributed by atoms with van der Waals surface area (Å²) in [5.74, 6) is -0.231. The molecule has 0 heterocycles. The molecular weight excluding hydrogens is 299 g/mol. The first-order valence-electron chi connectivity index (χ1n) is 5.05. The van der Waals surface area contributed by atoms with Gasteiger partial charge in [0.25, 0.3) is 0 Å². The lowest BCUT2D eigenvalue weighted by Gasteiger charge is -2.12. The lowest BCUT2D eigenvalue weighted by Crippen LogP contribution is -2.22. The van der Waals surface area contributed by atoms with Crippen LogP contribution in [0.3, 0.4) is 0 Å². The molecule has 1 N–H and O–H groups in total. The molecular formula is C11H13BrF3NO. The van der Waals surface area contributed by atoms with Crippen LogP contribution in [-0.4, -0.2) is 12.4 Å². The van der Waals surface area contributed by atoms with E-state index in [1.807, 2.05) is 13.8 Å². The maximum absolute atomic E-state index is 12.0. The number of rotatable bonds is 4. The summed E-state index contributed by atoms with van der Waals surface area (Å²) in [6.07, 6.45) is -4.67. The zero-order valence-electron chi connectivity index (χ0n) is 9.44. The van der Waals surface area contributed by atoms with Crippen LogP contribution in [0.4, 0.5) is 13.2 Å². The highest BCUT2D eigenvalue weighted by Crippen LogP contribution is 2.30. The molecule has 1 rings (SSSR count). The van der Waals surface area contributed by atoms with Crippen molar-refractivity contribution in [3.8, 4) is 5.75 Å². The molecule has 6 heteroatoms. The van der Waals surface area contributed by atoms with Gasteiger partial charge in [-0.15, -0.1) is 13.2 Å². The summed E-state index contributed by atoms with van der Waals surface area (Å²) in [7, 11) is 0. The average molecular weight is 312 g/mol. The molecule has 0 amide bonds. The lowest BCUT2D eigenvalue weighted by atomic mass is 10.2. The number of halogens is 4. The molecule has 2 nitrogen and oxygen atoms in total. The molecule has 0 aliphatic heterocycles. The van der Waals surface area contributed by atoms with Crippen LogP contribution in [0.15, 0.2) is 22.7 Å². The lowest BCUT2D eigenvalue weighted by molar-refractivity contribution is -0.274. The van der Waals surface area contributed by atoms with E-state index in [0.717, 1.165) is 5.56 Å². The zero-order chi connectivity index (χ0) is 13.1. The Kier molecular flexibility index (Phi) is 4.82. The van der Waals surface area contributed by atoms with Crippen LogP contribution in [0, 0.1) is 0 Å². The maximum atomic E-state index is 12.0. The van der Waals surface area contributed by atoms with E-state index >= 15 is 0 Å². The third-order valence-electron chi connectivity index (χ3n) is 1.94. The number of alkyl halides is 3. The van der Waals surface area contributed by atoms with Gasteiger partial charge in [-0.05, 0) is 33.6 Å². The number of ether oxygens (including phenoxy) is 1. The average Bonchev–Trinajstić information content (AvgIpc) is 2.17. The molecule has 0 saturated heterocycles. The van der Waals surface area contributed by atoms with Gasteiger partial charge < -0.3 is 10.1 Å². The van der Waals surface area contributed by atoms with Crippen LogP contribution < -0.4 is 10.1 Å². The third-order valence-corrected chi connectivity index (χ3v) is 2.56. The first kappa shape index (κ1) is 14.3. The van der Waals surface area contributed by atoms with Crippen molar-refractivity contribution in [3.63, 3.8) is 0 Å². The van der Waals surface area contributed by atoms with Crippen molar-refractivity contribution in [3.05, 3.63) is 28.2 Å². The molecule has 0 unspecified atom stereocenters. The van der Waals surface area contributed by atoms with Gasteiger partial charge in [0, 0.05) is 12.6 Å². The van der Waals surface area contributed by atoms with Gasteiger partial charge in [-0.3, -0.25) is 0 Å². The third kappa shape index (κ3) is 5.41. The van der Waals surface area contributed by atoms with Gasteiger partial charge in [0.15, 0.2) is 0 Å². The van der Waals surface area contributed by atoms with E-state index in [1.54, 1.807) is 12.1 Å². The highest BCUT2D eigenvalue weighted by molar-refractivity contribution is 9.10. The van der Waals surface area contributed by atoms with Crippen molar-refractivity contribution in [2.24, 2.45) is 0 Å². The van der Waals surface area contributed by atoms with Gasteiger partial charge in [-0.25, -0.2) is 0 Å². The zero-order valence-corrected chi connectivity index (χ0v) is 11.0. The summed E-state index contributed by atoms with van der Waals surface area (Å²) < 4.78 is 40.2. The van der Waals surface area contributed by atoms with E-state index in [0.29, 0.717) is 12.6 Å². The molecule has 0 aliphatic rings. The fourth-order valence-corrected chi connectivity index (χ4v) is 1.69. The van der Waals surface area contributed by atoms with Crippen LogP contribution in [0.1, 0.15) is 19.4 Å². The second-order valence-corrected chi connectivity index (χ2v) is 4.70. The molecule has 0 aliphatic carbocycles. The van der Waals surface area contributed by atoms with Crippen LogP contribution in [0.5, 0.6) is 5.75 Å². The summed E-state index contributed by atoms with van der Waals surface area (Å²) >= 11 is 3.05. The fourth-order valence-electron chi connectivity index (χ4n) is 1.18. The van der Waals surface area contributed by atoms with Gasteiger partial charge >= 0.3 is 6.36 Å². The van der Waals surface area contributed by atoms with E-state index in [-0.39, 0.29) is 10.2 Å². The Morgan fingerprint density at radius 3 is 2.47 bits per heavy atom. The smallest absolute Gasteiger partial charge is 0.405 e. The molecule has 0 bridgehead atoms. The number of hydrogen-bond acceptors (Lipinski definition) is 2. The minimum atomic E-state index is -4.67. The standard InChI is InChI=1S/C11H13BrF3NO/c1-7(2)16-6-8-3-4-10(9(12)5-8)17-11(13,14)15/h3-5,7,16H,6H2,1-2H3. The molecule has 0 fully saturated rings. The molecule has 1 aromatic rings.